The molecule has 1 aromatic rings. The Hall–Kier alpha value is -1.55. The molecule has 0 aliphatic carbocycles. The van der Waals surface area contributed by atoms with Crippen LogP contribution in [0.3, 0.4) is 0 Å². The third-order valence-electron chi connectivity index (χ3n) is 3.94. The van der Waals surface area contributed by atoms with Crippen molar-refractivity contribution in [3.05, 3.63) is 35.9 Å². The molecule has 0 spiro atoms. The lowest BCUT2D eigenvalue weighted by atomic mass is 9.93. The molecule has 2 atom stereocenters. The molecule has 1 aliphatic rings. The number of carbonyl (C=O) groups is 1. The molecule has 0 unspecified atom stereocenters. The Kier molecular flexibility index (Phi) is 5.46. The molecule has 1 fully saturated rings. The maximum atomic E-state index is 11.9. The number of hydrogen-bond donors (Lipinski definition) is 1. The lowest BCUT2D eigenvalue weighted by Gasteiger charge is -2.37. The fraction of sp³-hybridized carbons (Fsp3) is 0.611. The molecule has 0 aromatic heterocycles. The number of amides is 1. The van der Waals surface area contributed by atoms with Crippen LogP contribution in [0.25, 0.3) is 0 Å². The highest BCUT2D eigenvalue weighted by Crippen LogP contribution is 2.19. The van der Waals surface area contributed by atoms with E-state index in [1.807, 2.05) is 26.8 Å². The van der Waals surface area contributed by atoms with Crippen molar-refractivity contribution >= 4 is 6.09 Å². The molecule has 1 amide bonds. The Morgan fingerprint density at radius 3 is 2.59 bits per heavy atom. The molecule has 1 N–H and O–H groups in total. The Morgan fingerprint density at radius 2 is 2.00 bits per heavy atom. The van der Waals surface area contributed by atoms with Gasteiger partial charge in [0.15, 0.2) is 0 Å². The Labute approximate surface area is 133 Å². The molecule has 0 bridgehead atoms. The lowest BCUT2D eigenvalue weighted by Crippen LogP contribution is -2.50. The summed E-state index contributed by atoms with van der Waals surface area (Å²) in [7, 11) is 0. The molecule has 1 saturated heterocycles. The highest BCUT2D eigenvalue weighted by molar-refractivity contribution is 5.68. The van der Waals surface area contributed by atoms with Crippen molar-refractivity contribution in [2.75, 3.05) is 13.1 Å². The van der Waals surface area contributed by atoms with Gasteiger partial charge in [-0.1, -0.05) is 37.3 Å². The highest BCUT2D eigenvalue weighted by atomic mass is 16.6. The van der Waals surface area contributed by atoms with Crippen LogP contribution in [-0.2, 0) is 11.3 Å². The molecule has 4 heteroatoms. The van der Waals surface area contributed by atoms with Crippen LogP contribution in [-0.4, -0.2) is 35.7 Å². The van der Waals surface area contributed by atoms with Crippen molar-refractivity contribution < 1.29 is 9.53 Å². The van der Waals surface area contributed by atoms with Crippen molar-refractivity contribution in [2.24, 2.45) is 5.92 Å². The summed E-state index contributed by atoms with van der Waals surface area (Å²) >= 11 is 0. The van der Waals surface area contributed by atoms with Crippen LogP contribution < -0.4 is 5.32 Å². The minimum absolute atomic E-state index is 0.196. The number of alkyl carbamates (subject to hydrolysis) is 1. The van der Waals surface area contributed by atoms with E-state index in [9.17, 15) is 4.79 Å². The second kappa shape index (κ2) is 7.14. The average molecular weight is 304 g/mol. The third kappa shape index (κ3) is 5.34. The Bertz CT molecular complexity index is 482. The number of rotatable bonds is 3. The number of nitrogens with one attached hydrogen (secondary N) is 1. The van der Waals surface area contributed by atoms with E-state index < -0.39 is 5.60 Å². The fourth-order valence-electron chi connectivity index (χ4n) is 2.89. The molecule has 4 nitrogen and oxygen atoms in total. The summed E-state index contributed by atoms with van der Waals surface area (Å²) in [5, 5.41) is 3.02. The van der Waals surface area contributed by atoms with Crippen LogP contribution >= 0.6 is 0 Å². The first kappa shape index (κ1) is 16.8. The molecule has 0 saturated carbocycles. The van der Waals surface area contributed by atoms with Crippen LogP contribution in [0.1, 0.15) is 39.7 Å². The number of nitrogens with zero attached hydrogens (tertiary/aromatic N) is 1. The summed E-state index contributed by atoms with van der Waals surface area (Å²) in [4.78, 5) is 14.3. The van der Waals surface area contributed by atoms with Crippen molar-refractivity contribution in [1.82, 2.24) is 10.2 Å². The molecular weight excluding hydrogens is 276 g/mol. The first-order valence-electron chi connectivity index (χ1n) is 8.09. The summed E-state index contributed by atoms with van der Waals surface area (Å²) in [6.07, 6.45) is 0.661. The van der Waals surface area contributed by atoms with E-state index in [1.54, 1.807) is 0 Å². The number of carbonyl (C=O) groups excluding carboxylic acids is 1. The van der Waals surface area contributed by atoms with Crippen molar-refractivity contribution in [1.29, 1.82) is 0 Å². The van der Waals surface area contributed by atoms with Crippen LogP contribution in [0.2, 0.25) is 0 Å². The first-order valence-corrected chi connectivity index (χ1v) is 8.09. The molecule has 1 aliphatic heterocycles. The van der Waals surface area contributed by atoms with E-state index in [0.29, 0.717) is 5.92 Å². The van der Waals surface area contributed by atoms with Crippen LogP contribution in [0.15, 0.2) is 30.3 Å². The van der Waals surface area contributed by atoms with Gasteiger partial charge in [-0.15, -0.1) is 0 Å². The Morgan fingerprint density at radius 1 is 1.32 bits per heavy atom. The monoisotopic (exact) mass is 304 g/mol. The summed E-state index contributed by atoms with van der Waals surface area (Å²) in [5.74, 6) is 0.421. The first-order chi connectivity index (χ1) is 10.3. The van der Waals surface area contributed by atoms with Gasteiger partial charge >= 0.3 is 6.09 Å². The standard InChI is InChI=1S/C18H28N2O2/c1-14-12-20(13-15-8-6-5-7-9-15)11-10-16(14)19-17(21)22-18(2,3)4/h5-9,14,16H,10-13H2,1-4H3,(H,19,21)/t14-,16+/m1/s1. The summed E-state index contributed by atoms with van der Waals surface area (Å²) in [6, 6.07) is 10.7. The van der Waals surface area contributed by atoms with E-state index in [1.165, 1.54) is 5.56 Å². The second-order valence-corrected chi connectivity index (χ2v) is 7.24. The van der Waals surface area contributed by atoms with E-state index in [2.05, 4.69) is 41.4 Å². The van der Waals surface area contributed by atoms with Gasteiger partial charge in [0, 0.05) is 25.7 Å². The van der Waals surface area contributed by atoms with Gasteiger partial charge in [0.2, 0.25) is 0 Å². The van der Waals surface area contributed by atoms with Gasteiger partial charge in [0.1, 0.15) is 5.60 Å². The minimum Gasteiger partial charge on any atom is -0.444 e. The van der Waals surface area contributed by atoms with Gasteiger partial charge in [-0.05, 0) is 38.7 Å². The number of likely N-dealkylation sites (tertiary alicyclic amines) is 1. The molecule has 22 heavy (non-hydrogen) atoms. The van der Waals surface area contributed by atoms with Gasteiger partial charge in [-0.25, -0.2) is 4.79 Å². The number of piperidine rings is 1. The maximum absolute atomic E-state index is 11.9. The van der Waals surface area contributed by atoms with E-state index in [-0.39, 0.29) is 12.1 Å². The summed E-state index contributed by atoms with van der Waals surface area (Å²) < 4.78 is 5.35. The van der Waals surface area contributed by atoms with Crippen molar-refractivity contribution in [3.8, 4) is 0 Å². The van der Waals surface area contributed by atoms with Crippen LogP contribution in [0, 0.1) is 5.92 Å². The van der Waals surface area contributed by atoms with E-state index >= 15 is 0 Å². The topological polar surface area (TPSA) is 41.6 Å². The zero-order chi connectivity index (χ0) is 16.2. The second-order valence-electron chi connectivity index (χ2n) is 7.24. The van der Waals surface area contributed by atoms with Crippen LogP contribution in [0.5, 0.6) is 0 Å². The normalized spacial score (nSPS) is 23.1. The molecule has 0 radical (unpaired) electrons. The SMILES string of the molecule is C[C@@H]1CN(Cc2ccccc2)CC[C@@H]1NC(=O)OC(C)(C)C. The summed E-state index contributed by atoms with van der Waals surface area (Å²) in [5.41, 5.74) is 0.898. The molecular formula is C18H28N2O2. The zero-order valence-corrected chi connectivity index (χ0v) is 14.1. The Balaban J connectivity index is 1.81. The number of benzene rings is 1. The van der Waals surface area contributed by atoms with Gasteiger partial charge in [0.25, 0.3) is 0 Å². The fourth-order valence-corrected chi connectivity index (χ4v) is 2.89. The summed E-state index contributed by atoms with van der Waals surface area (Å²) in [6.45, 7) is 10.8. The van der Waals surface area contributed by atoms with Gasteiger partial charge in [-0.2, -0.15) is 0 Å². The van der Waals surface area contributed by atoms with Crippen molar-refractivity contribution in [2.45, 2.75) is 52.3 Å². The van der Waals surface area contributed by atoms with Gasteiger partial charge < -0.3 is 10.1 Å². The minimum atomic E-state index is -0.443. The lowest BCUT2D eigenvalue weighted by molar-refractivity contribution is 0.0440. The smallest absolute Gasteiger partial charge is 0.407 e. The van der Waals surface area contributed by atoms with E-state index in [0.717, 1.165) is 26.1 Å². The predicted octanol–water partition coefficient (Wildman–Crippen LogP) is 3.42. The quantitative estimate of drug-likeness (QED) is 0.930. The zero-order valence-electron chi connectivity index (χ0n) is 14.1. The molecule has 122 valence electrons. The number of ether oxygens (including phenoxy) is 1. The molecule has 2 rings (SSSR count). The maximum Gasteiger partial charge on any atom is 0.407 e. The number of hydrogen-bond acceptors (Lipinski definition) is 3. The predicted molar refractivity (Wildman–Crippen MR) is 88.7 cm³/mol. The average Bonchev–Trinajstić information content (AvgIpc) is 2.41. The van der Waals surface area contributed by atoms with E-state index in [4.69, 9.17) is 4.74 Å². The largest absolute Gasteiger partial charge is 0.444 e. The highest BCUT2D eigenvalue weighted by Gasteiger charge is 2.28. The molecule has 1 heterocycles. The van der Waals surface area contributed by atoms with Crippen LogP contribution in [0.4, 0.5) is 4.79 Å². The third-order valence-corrected chi connectivity index (χ3v) is 3.94. The molecule has 1 aromatic carbocycles. The van der Waals surface area contributed by atoms with Crippen molar-refractivity contribution in [3.63, 3.8) is 0 Å². The van der Waals surface area contributed by atoms with Gasteiger partial charge in [-0.3, -0.25) is 4.90 Å². The van der Waals surface area contributed by atoms with Gasteiger partial charge in [0.05, 0.1) is 0 Å².